The average Bonchev–Trinajstić information content (AvgIpc) is 3.09. The number of hydrogen-bond donors (Lipinski definition) is 1. The van der Waals surface area contributed by atoms with Crippen LogP contribution >= 0.6 is 0 Å². The highest BCUT2D eigenvalue weighted by molar-refractivity contribution is 7.90. The number of nitrogens with zero attached hydrogens (tertiary/aromatic N) is 1. The Morgan fingerprint density at radius 1 is 1.00 bits per heavy atom. The standard InChI is InChI=1S/C26H27F7N2O2S/c1-24(2,3)14-35-13-20(23(26(31,32)33)34-38(36,37)17-11-16(27)12-17)19-9-8-15(10-22(19)35)18-6-4-5-7-21(18)25(28,29)30/h4-10,13,16-17,23,34H,11-12,14H2,1-3H3/t16?,17?,23-/m0/s1. The monoisotopic (exact) mass is 564 g/mol. The van der Waals surface area contributed by atoms with Crippen molar-refractivity contribution in [3.05, 3.63) is 59.8 Å². The molecule has 1 aliphatic carbocycles. The number of halogens is 7. The smallest absolute Gasteiger partial charge is 0.347 e. The highest BCUT2D eigenvalue weighted by Crippen LogP contribution is 2.42. The van der Waals surface area contributed by atoms with E-state index >= 15 is 0 Å². The molecule has 38 heavy (non-hydrogen) atoms. The first-order valence-electron chi connectivity index (χ1n) is 11.9. The van der Waals surface area contributed by atoms with E-state index in [-0.39, 0.29) is 47.0 Å². The van der Waals surface area contributed by atoms with E-state index in [1.54, 1.807) is 4.72 Å². The van der Waals surface area contributed by atoms with Crippen LogP contribution in [0, 0.1) is 5.41 Å². The van der Waals surface area contributed by atoms with Crippen molar-refractivity contribution in [2.45, 2.75) is 70.0 Å². The summed E-state index contributed by atoms with van der Waals surface area (Å²) in [5.74, 6) is 0. The summed E-state index contributed by atoms with van der Waals surface area (Å²) in [4.78, 5) is 0. The maximum atomic E-state index is 14.3. The van der Waals surface area contributed by atoms with Crippen LogP contribution < -0.4 is 4.72 Å². The van der Waals surface area contributed by atoms with Gasteiger partial charge in [0, 0.05) is 29.2 Å². The molecular weight excluding hydrogens is 537 g/mol. The molecule has 4 nitrogen and oxygen atoms in total. The van der Waals surface area contributed by atoms with Gasteiger partial charge in [-0.1, -0.05) is 51.1 Å². The van der Waals surface area contributed by atoms with Crippen molar-refractivity contribution < 1.29 is 39.2 Å². The number of sulfonamides is 1. The van der Waals surface area contributed by atoms with E-state index in [1.807, 2.05) is 20.8 Å². The van der Waals surface area contributed by atoms with E-state index in [0.717, 1.165) is 6.07 Å². The Balaban J connectivity index is 1.88. The number of benzene rings is 2. The highest BCUT2D eigenvalue weighted by Gasteiger charge is 2.48. The third-order valence-corrected chi connectivity index (χ3v) is 8.32. The maximum absolute atomic E-state index is 14.3. The molecule has 0 radical (unpaired) electrons. The van der Waals surface area contributed by atoms with Crippen LogP contribution in [0.1, 0.15) is 50.8 Å². The van der Waals surface area contributed by atoms with E-state index in [9.17, 15) is 39.2 Å². The summed E-state index contributed by atoms with van der Waals surface area (Å²) in [5, 5.41) is -1.22. The van der Waals surface area contributed by atoms with Gasteiger partial charge < -0.3 is 4.57 Å². The fraction of sp³-hybridized carbons (Fsp3) is 0.462. The molecule has 0 aliphatic heterocycles. The molecule has 4 rings (SSSR count). The van der Waals surface area contributed by atoms with Crippen LogP contribution in [-0.4, -0.2) is 30.6 Å². The van der Waals surface area contributed by atoms with Crippen molar-refractivity contribution in [3.63, 3.8) is 0 Å². The minimum absolute atomic E-state index is 0.0458. The van der Waals surface area contributed by atoms with Crippen LogP contribution in [0.5, 0.6) is 0 Å². The largest absolute Gasteiger partial charge is 0.417 e. The van der Waals surface area contributed by atoms with Crippen LogP contribution in [0.25, 0.3) is 22.0 Å². The van der Waals surface area contributed by atoms with Gasteiger partial charge in [0.1, 0.15) is 12.2 Å². The van der Waals surface area contributed by atoms with Crippen LogP contribution in [-0.2, 0) is 22.7 Å². The lowest BCUT2D eigenvalue weighted by molar-refractivity contribution is -0.152. The predicted octanol–water partition coefficient (Wildman–Crippen LogP) is 7.40. The number of aromatic nitrogens is 1. The molecule has 3 aromatic rings. The first kappa shape index (κ1) is 28.4. The van der Waals surface area contributed by atoms with Crippen molar-refractivity contribution >= 4 is 20.9 Å². The normalized spacial score (nSPS) is 19.9. The third kappa shape index (κ3) is 5.85. The van der Waals surface area contributed by atoms with Crippen LogP contribution in [0.4, 0.5) is 30.7 Å². The Morgan fingerprint density at radius 3 is 2.18 bits per heavy atom. The lowest BCUT2D eigenvalue weighted by Gasteiger charge is -2.31. The first-order chi connectivity index (χ1) is 17.4. The molecule has 0 spiro atoms. The number of hydrogen-bond acceptors (Lipinski definition) is 2. The summed E-state index contributed by atoms with van der Waals surface area (Å²) in [5.41, 5.74) is -1.46. The van der Waals surface area contributed by atoms with Crippen LogP contribution in [0.15, 0.2) is 48.7 Å². The maximum Gasteiger partial charge on any atom is 0.417 e. The Morgan fingerprint density at radius 2 is 1.63 bits per heavy atom. The number of rotatable bonds is 6. The van der Waals surface area contributed by atoms with Gasteiger partial charge in [0.15, 0.2) is 0 Å². The van der Waals surface area contributed by atoms with E-state index in [0.29, 0.717) is 0 Å². The van der Waals surface area contributed by atoms with E-state index < -0.39 is 50.8 Å². The van der Waals surface area contributed by atoms with Gasteiger partial charge in [-0.3, -0.25) is 0 Å². The SMILES string of the molecule is CC(C)(C)Cn1cc([C@H](NS(=O)(=O)C2CC(F)C2)C(F)(F)F)c2ccc(-c3ccccc3C(F)(F)F)cc21. The van der Waals surface area contributed by atoms with Gasteiger partial charge in [-0.2, -0.15) is 31.1 Å². The predicted molar refractivity (Wildman–Crippen MR) is 131 cm³/mol. The summed E-state index contributed by atoms with van der Waals surface area (Å²) in [6.07, 6.45) is -10.6. The Kier molecular flexibility index (Phi) is 7.14. The molecule has 1 aromatic heterocycles. The van der Waals surface area contributed by atoms with E-state index in [2.05, 4.69) is 0 Å². The summed E-state index contributed by atoms with van der Waals surface area (Å²) >= 11 is 0. The molecule has 0 unspecified atom stereocenters. The van der Waals surface area contributed by atoms with Crippen molar-refractivity contribution in [1.82, 2.24) is 9.29 Å². The molecule has 1 saturated carbocycles. The van der Waals surface area contributed by atoms with Crippen molar-refractivity contribution in [2.75, 3.05) is 0 Å². The summed E-state index contributed by atoms with van der Waals surface area (Å²) < 4.78 is 126. The van der Waals surface area contributed by atoms with Gasteiger partial charge in [-0.05, 0) is 41.5 Å². The quantitative estimate of drug-likeness (QED) is 0.317. The van der Waals surface area contributed by atoms with Gasteiger partial charge in [-0.15, -0.1) is 0 Å². The molecular formula is C26H27F7N2O2S. The average molecular weight is 565 g/mol. The molecule has 1 aliphatic rings. The Labute approximate surface area is 215 Å². The van der Waals surface area contributed by atoms with Gasteiger partial charge in [-0.25, -0.2) is 12.8 Å². The van der Waals surface area contributed by atoms with E-state index in [1.165, 1.54) is 47.2 Å². The molecule has 1 N–H and O–H groups in total. The summed E-state index contributed by atoms with van der Waals surface area (Å²) in [6, 6.07) is 6.23. The van der Waals surface area contributed by atoms with E-state index in [4.69, 9.17) is 0 Å². The lowest BCUT2D eigenvalue weighted by atomic mass is 9.96. The van der Waals surface area contributed by atoms with Crippen molar-refractivity contribution in [3.8, 4) is 11.1 Å². The number of fused-ring (bicyclic) bond motifs is 1. The van der Waals surface area contributed by atoms with Gasteiger partial charge in [0.05, 0.1) is 10.8 Å². The summed E-state index contributed by atoms with van der Waals surface area (Å²) in [7, 11) is -4.50. The zero-order valence-corrected chi connectivity index (χ0v) is 21.6. The first-order valence-corrected chi connectivity index (χ1v) is 13.4. The Hall–Kier alpha value is -2.60. The zero-order chi connectivity index (χ0) is 28.3. The lowest BCUT2D eigenvalue weighted by Crippen LogP contribution is -2.47. The van der Waals surface area contributed by atoms with Crippen LogP contribution in [0.3, 0.4) is 0 Å². The van der Waals surface area contributed by atoms with Crippen LogP contribution in [0.2, 0.25) is 0 Å². The third-order valence-electron chi connectivity index (χ3n) is 6.50. The number of alkyl halides is 7. The highest BCUT2D eigenvalue weighted by atomic mass is 32.2. The van der Waals surface area contributed by atoms with Gasteiger partial charge >= 0.3 is 12.4 Å². The fourth-order valence-electron chi connectivity index (χ4n) is 4.66. The second-order valence-corrected chi connectivity index (χ2v) is 12.9. The molecule has 1 heterocycles. The zero-order valence-electron chi connectivity index (χ0n) is 20.8. The fourth-order valence-corrected chi connectivity index (χ4v) is 6.37. The number of nitrogens with one attached hydrogen (secondary N) is 1. The topological polar surface area (TPSA) is 51.1 Å². The molecule has 0 saturated heterocycles. The molecule has 208 valence electrons. The second-order valence-electron chi connectivity index (χ2n) is 10.9. The molecule has 12 heteroatoms. The van der Waals surface area contributed by atoms with Gasteiger partial charge in [0.2, 0.25) is 10.0 Å². The minimum atomic E-state index is -5.03. The molecule has 2 aromatic carbocycles. The molecule has 0 bridgehead atoms. The van der Waals surface area contributed by atoms with Gasteiger partial charge in [0.25, 0.3) is 0 Å². The molecule has 1 atom stereocenters. The second kappa shape index (κ2) is 9.55. The van der Waals surface area contributed by atoms with Crippen molar-refractivity contribution in [1.29, 1.82) is 0 Å². The molecule has 0 amide bonds. The minimum Gasteiger partial charge on any atom is -0.347 e. The Bertz CT molecular complexity index is 1430. The molecule has 1 fully saturated rings. The van der Waals surface area contributed by atoms with Crippen molar-refractivity contribution in [2.24, 2.45) is 5.41 Å². The summed E-state index contributed by atoms with van der Waals surface area (Å²) in [6.45, 7) is 5.73.